The molecular formula is C11H13N3. The lowest BCUT2D eigenvalue weighted by molar-refractivity contribution is 0.971. The molecular weight excluding hydrogens is 174 g/mol. The average molecular weight is 187 g/mol. The summed E-state index contributed by atoms with van der Waals surface area (Å²) in [6, 6.07) is 6.20. The zero-order chi connectivity index (χ0) is 9.97. The second kappa shape index (κ2) is 3.62. The maximum Gasteiger partial charge on any atom is 0.0595 e. The molecule has 3 heteroatoms. The van der Waals surface area contributed by atoms with E-state index in [1.807, 2.05) is 12.3 Å². The molecule has 0 aliphatic heterocycles. The van der Waals surface area contributed by atoms with E-state index in [0.717, 1.165) is 17.3 Å². The SMILES string of the molecule is CCN(C)c1cccc2cnncc12. The van der Waals surface area contributed by atoms with E-state index >= 15 is 0 Å². The van der Waals surface area contributed by atoms with Crippen molar-refractivity contribution in [2.24, 2.45) is 0 Å². The number of nitrogens with zero attached hydrogens (tertiary/aromatic N) is 3. The molecule has 0 radical (unpaired) electrons. The van der Waals surface area contributed by atoms with Gasteiger partial charge in [-0.15, -0.1) is 0 Å². The molecule has 0 aliphatic carbocycles. The standard InChI is InChI=1S/C11H13N3/c1-3-14(2)11-6-4-5-9-7-12-13-8-10(9)11/h4-8H,3H2,1-2H3. The third kappa shape index (κ3) is 1.41. The summed E-state index contributed by atoms with van der Waals surface area (Å²) in [5.74, 6) is 0. The number of fused-ring (bicyclic) bond motifs is 1. The van der Waals surface area contributed by atoms with Crippen LogP contribution in [0.1, 0.15) is 6.92 Å². The van der Waals surface area contributed by atoms with Gasteiger partial charge in [0.25, 0.3) is 0 Å². The molecule has 0 aliphatic rings. The Balaban J connectivity index is 2.65. The van der Waals surface area contributed by atoms with Crippen molar-refractivity contribution in [2.45, 2.75) is 6.92 Å². The molecule has 0 fully saturated rings. The van der Waals surface area contributed by atoms with Gasteiger partial charge in [-0.2, -0.15) is 10.2 Å². The molecule has 0 atom stereocenters. The van der Waals surface area contributed by atoms with Gasteiger partial charge in [0.15, 0.2) is 0 Å². The van der Waals surface area contributed by atoms with Crippen LogP contribution >= 0.6 is 0 Å². The predicted octanol–water partition coefficient (Wildman–Crippen LogP) is 2.09. The first-order chi connectivity index (χ1) is 6.83. The lowest BCUT2D eigenvalue weighted by Gasteiger charge is -2.18. The van der Waals surface area contributed by atoms with Crippen molar-refractivity contribution in [3.05, 3.63) is 30.6 Å². The quantitative estimate of drug-likeness (QED) is 0.720. The Kier molecular flexibility index (Phi) is 2.31. The fourth-order valence-electron chi connectivity index (χ4n) is 1.51. The van der Waals surface area contributed by atoms with Crippen LogP contribution in [0.3, 0.4) is 0 Å². The van der Waals surface area contributed by atoms with Gasteiger partial charge in [0, 0.05) is 30.1 Å². The van der Waals surface area contributed by atoms with Crippen molar-refractivity contribution < 1.29 is 0 Å². The Bertz CT molecular complexity index is 434. The van der Waals surface area contributed by atoms with Gasteiger partial charge in [-0.1, -0.05) is 12.1 Å². The highest BCUT2D eigenvalue weighted by Gasteiger charge is 2.03. The number of aromatic nitrogens is 2. The average Bonchev–Trinajstić information content (AvgIpc) is 2.27. The maximum absolute atomic E-state index is 3.91. The van der Waals surface area contributed by atoms with E-state index in [0.29, 0.717) is 0 Å². The third-order valence-corrected chi connectivity index (χ3v) is 2.45. The van der Waals surface area contributed by atoms with Crippen molar-refractivity contribution in [3.63, 3.8) is 0 Å². The molecule has 0 bridgehead atoms. The predicted molar refractivity (Wildman–Crippen MR) is 58.5 cm³/mol. The summed E-state index contributed by atoms with van der Waals surface area (Å²) in [7, 11) is 2.08. The number of benzene rings is 1. The molecule has 1 heterocycles. The van der Waals surface area contributed by atoms with Crippen LogP contribution in [-0.4, -0.2) is 23.8 Å². The number of rotatable bonds is 2. The minimum atomic E-state index is 0.988. The van der Waals surface area contributed by atoms with Crippen molar-refractivity contribution in [1.29, 1.82) is 0 Å². The first kappa shape index (κ1) is 8.94. The van der Waals surface area contributed by atoms with Crippen molar-refractivity contribution in [1.82, 2.24) is 10.2 Å². The number of hydrogen-bond acceptors (Lipinski definition) is 3. The molecule has 0 saturated heterocycles. The summed E-state index contributed by atoms with van der Waals surface area (Å²) < 4.78 is 0. The molecule has 14 heavy (non-hydrogen) atoms. The van der Waals surface area contributed by atoms with E-state index in [2.05, 4.69) is 41.2 Å². The molecule has 0 unspecified atom stereocenters. The van der Waals surface area contributed by atoms with Gasteiger partial charge >= 0.3 is 0 Å². The summed E-state index contributed by atoms with van der Waals surface area (Å²) >= 11 is 0. The summed E-state index contributed by atoms with van der Waals surface area (Å²) in [5.41, 5.74) is 1.21. The van der Waals surface area contributed by atoms with Crippen LogP contribution in [0.5, 0.6) is 0 Å². The van der Waals surface area contributed by atoms with Gasteiger partial charge in [-0.25, -0.2) is 0 Å². The summed E-state index contributed by atoms with van der Waals surface area (Å²) in [5, 5.41) is 10.1. The Morgan fingerprint density at radius 1 is 1.21 bits per heavy atom. The molecule has 2 rings (SSSR count). The summed E-state index contributed by atoms with van der Waals surface area (Å²) in [6.45, 7) is 3.12. The van der Waals surface area contributed by atoms with E-state index in [4.69, 9.17) is 0 Å². The minimum absolute atomic E-state index is 0.988. The second-order valence-electron chi connectivity index (χ2n) is 3.28. The lowest BCUT2D eigenvalue weighted by Crippen LogP contribution is -2.15. The van der Waals surface area contributed by atoms with Crippen LogP contribution in [0.2, 0.25) is 0 Å². The molecule has 72 valence electrons. The first-order valence-electron chi connectivity index (χ1n) is 4.73. The van der Waals surface area contributed by atoms with Gasteiger partial charge in [0.1, 0.15) is 0 Å². The molecule has 1 aromatic carbocycles. The topological polar surface area (TPSA) is 29.0 Å². The van der Waals surface area contributed by atoms with E-state index in [-0.39, 0.29) is 0 Å². The molecule has 0 saturated carbocycles. The Labute approximate surface area is 83.4 Å². The number of hydrogen-bond donors (Lipinski definition) is 0. The Morgan fingerprint density at radius 2 is 2.00 bits per heavy atom. The van der Waals surface area contributed by atoms with E-state index in [1.165, 1.54) is 5.69 Å². The van der Waals surface area contributed by atoms with E-state index in [9.17, 15) is 0 Å². The minimum Gasteiger partial charge on any atom is -0.374 e. The molecule has 1 aromatic heterocycles. The second-order valence-corrected chi connectivity index (χ2v) is 3.28. The van der Waals surface area contributed by atoms with E-state index in [1.54, 1.807) is 6.20 Å². The first-order valence-corrected chi connectivity index (χ1v) is 4.73. The fourth-order valence-corrected chi connectivity index (χ4v) is 1.51. The third-order valence-electron chi connectivity index (χ3n) is 2.45. The van der Waals surface area contributed by atoms with Gasteiger partial charge in [-0.05, 0) is 13.0 Å². The Hall–Kier alpha value is -1.64. The highest BCUT2D eigenvalue weighted by molar-refractivity contribution is 5.92. The zero-order valence-electron chi connectivity index (χ0n) is 8.44. The highest BCUT2D eigenvalue weighted by atomic mass is 15.1. The van der Waals surface area contributed by atoms with Crippen molar-refractivity contribution >= 4 is 16.5 Å². The lowest BCUT2D eigenvalue weighted by atomic mass is 10.1. The molecule has 0 spiro atoms. The van der Waals surface area contributed by atoms with Crippen molar-refractivity contribution in [2.75, 3.05) is 18.5 Å². The normalized spacial score (nSPS) is 10.4. The van der Waals surface area contributed by atoms with E-state index < -0.39 is 0 Å². The van der Waals surface area contributed by atoms with Crippen LogP contribution in [-0.2, 0) is 0 Å². The molecule has 2 aromatic rings. The van der Waals surface area contributed by atoms with Crippen LogP contribution < -0.4 is 4.90 Å². The molecule has 3 nitrogen and oxygen atoms in total. The van der Waals surface area contributed by atoms with Crippen LogP contribution in [0.4, 0.5) is 5.69 Å². The van der Waals surface area contributed by atoms with Gasteiger partial charge < -0.3 is 4.90 Å². The van der Waals surface area contributed by atoms with Crippen LogP contribution in [0.15, 0.2) is 30.6 Å². The van der Waals surface area contributed by atoms with Gasteiger partial charge in [-0.3, -0.25) is 0 Å². The highest BCUT2D eigenvalue weighted by Crippen LogP contribution is 2.23. The zero-order valence-corrected chi connectivity index (χ0v) is 8.44. The number of anilines is 1. The molecule has 0 amide bonds. The molecule has 0 N–H and O–H groups in total. The van der Waals surface area contributed by atoms with Gasteiger partial charge in [0.05, 0.1) is 12.4 Å². The Morgan fingerprint density at radius 3 is 2.79 bits per heavy atom. The smallest absolute Gasteiger partial charge is 0.0595 e. The van der Waals surface area contributed by atoms with Crippen LogP contribution in [0.25, 0.3) is 10.8 Å². The van der Waals surface area contributed by atoms with Crippen LogP contribution in [0, 0.1) is 0 Å². The summed E-state index contributed by atoms with van der Waals surface area (Å²) in [6.07, 6.45) is 3.61. The van der Waals surface area contributed by atoms with Gasteiger partial charge in [0.2, 0.25) is 0 Å². The largest absolute Gasteiger partial charge is 0.374 e. The maximum atomic E-state index is 3.91. The fraction of sp³-hybridized carbons (Fsp3) is 0.273. The summed E-state index contributed by atoms with van der Waals surface area (Å²) in [4.78, 5) is 2.20. The monoisotopic (exact) mass is 187 g/mol. The van der Waals surface area contributed by atoms with Crippen molar-refractivity contribution in [3.8, 4) is 0 Å².